The Morgan fingerprint density at radius 1 is 1.25 bits per heavy atom. The van der Waals surface area contributed by atoms with Crippen LogP contribution in [0.5, 0.6) is 0 Å². The summed E-state index contributed by atoms with van der Waals surface area (Å²) in [5, 5.41) is 7.72. The molecule has 20 heavy (non-hydrogen) atoms. The molecular weight excluding hydrogens is 258 g/mol. The van der Waals surface area contributed by atoms with Crippen LogP contribution in [-0.4, -0.2) is 45.3 Å². The summed E-state index contributed by atoms with van der Waals surface area (Å²) in [7, 11) is 0. The quantitative estimate of drug-likeness (QED) is 0.614. The highest BCUT2D eigenvalue weighted by molar-refractivity contribution is 5.92. The van der Waals surface area contributed by atoms with Crippen molar-refractivity contribution >= 4 is 11.7 Å². The van der Waals surface area contributed by atoms with Gasteiger partial charge in [-0.2, -0.15) is 0 Å². The van der Waals surface area contributed by atoms with Crippen molar-refractivity contribution in [3.8, 4) is 0 Å². The number of morpholine rings is 1. The largest absolute Gasteiger partial charge is 0.366 e. The van der Waals surface area contributed by atoms with Crippen LogP contribution in [0.25, 0.3) is 0 Å². The first-order valence-corrected chi connectivity index (χ1v) is 6.52. The molecule has 0 radical (unpaired) electrons. The van der Waals surface area contributed by atoms with Gasteiger partial charge in [0.2, 0.25) is 0 Å². The molecule has 0 unspecified atom stereocenters. The Bertz CT molecular complexity index is 482. The minimum atomic E-state index is -0.385. The van der Waals surface area contributed by atoms with E-state index >= 15 is 0 Å². The van der Waals surface area contributed by atoms with E-state index in [0.29, 0.717) is 24.6 Å². The van der Waals surface area contributed by atoms with E-state index in [1.807, 2.05) is 27.7 Å². The van der Waals surface area contributed by atoms with Crippen LogP contribution in [0.3, 0.4) is 0 Å². The fraction of sp³-hybridized carbons (Fsp3) is 0.615. The fourth-order valence-corrected chi connectivity index (χ4v) is 2.62. The molecule has 0 saturated carbocycles. The number of hydrogen-bond donors (Lipinski definition) is 2. The first-order chi connectivity index (χ1) is 9.22. The lowest BCUT2D eigenvalue weighted by Gasteiger charge is -2.46. The lowest BCUT2D eigenvalue weighted by molar-refractivity contribution is -0.171. The number of nitrogens with zero attached hydrogens (tertiary/aromatic N) is 3. The molecule has 7 nitrogen and oxygen atoms in total. The van der Waals surface area contributed by atoms with Gasteiger partial charge in [0.05, 0.1) is 11.2 Å². The van der Waals surface area contributed by atoms with Crippen LogP contribution in [0, 0.1) is 0 Å². The summed E-state index contributed by atoms with van der Waals surface area (Å²) in [5.41, 5.74) is 1.91. The molecular formula is C13H21N5O2. The second kappa shape index (κ2) is 4.99. The molecule has 110 valence electrons. The van der Waals surface area contributed by atoms with Gasteiger partial charge in [-0.1, -0.05) is 0 Å². The summed E-state index contributed by atoms with van der Waals surface area (Å²) in [6.45, 7) is 8.94. The van der Waals surface area contributed by atoms with E-state index < -0.39 is 0 Å². The number of anilines is 1. The minimum absolute atomic E-state index is 0.148. The summed E-state index contributed by atoms with van der Waals surface area (Å²) in [6, 6.07) is 3.23. The third-order valence-corrected chi connectivity index (χ3v) is 3.01. The monoisotopic (exact) mass is 279 g/mol. The van der Waals surface area contributed by atoms with Crippen molar-refractivity contribution in [1.29, 1.82) is 0 Å². The van der Waals surface area contributed by atoms with E-state index in [9.17, 15) is 4.79 Å². The van der Waals surface area contributed by atoms with Crippen molar-refractivity contribution in [2.24, 2.45) is 5.84 Å². The van der Waals surface area contributed by atoms with Gasteiger partial charge in [-0.3, -0.25) is 4.79 Å². The molecule has 1 aliphatic rings. The Morgan fingerprint density at radius 2 is 1.85 bits per heavy atom. The molecule has 7 heteroatoms. The maximum absolute atomic E-state index is 12.5. The number of aromatic nitrogens is 2. The number of carbonyl (C=O) groups is 1. The van der Waals surface area contributed by atoms with Crippen LogP contribution in [0.4, 0.5) is 5.82 Å². The molecule has 0 aliphatic carbocycles. The molecule has 3 N–H and O–H groups in total. The molecule has 1 amide bonds. The van der Waals surface area contributed by atoms with Crippen molar-refractivity contribution < 1.29 is 9.53 Å². The first kappa shape index (κ1) is 14.7. The van der Waals surface area contributed by atoms with Gasteiger partial charge in [0, 0.05) is 13.1 Å². The average molecular weight is 279 g/mol. The normalized spacial score (nSPS) is 20.6. The van der Waals surface area contributed by atoms with E-state index in [1.54, 1.807) is 17.0 Å². The van der Waals surface area contributed by atoms with E-state index in [0.717, 1.165) is 0 Å². The topological polar surface area (TPSA) is 93.4 Å². The molecule has 1 aromatic rings. The van der Waals surface area contributed by atoms with Crippen molar-refractivity contribution in [1.82, 2.24) is 15.1 Å². The zero-order valence-electron chi connectivity index (χ0n) is 12.3. The predicted molar refractivity (Wildman–Crippen MR) is 75.0 cm³/mol. The first-order valence-electron chi connectivity index (χ1n) is 6.52. The number of rotatable bonds is 2. The molecule has 1 aromatic heterocycles. The number of amides is 1. The van der Waals surface area contributed by atoms with E-state index in [-0.39, 0.29) is 17.1 Å². The van der Waals surface area contributed by atoms with Crippen LogP contribution in [-0.2, 0) is 4.74 Å². The lowest BCUT2D eigenvalue weighted by atomic mass is 9.98. The maximum Gasteiger partial charge on any atom is 0.274 e. The maximum atomic E-state index is 12.5. The van der Waals surface area contributed by atoms with Crippen LogP contribution < -0.4 is 11.3 Å². The fourth-order valence-electron chi connectivity index (χ4n) is 2.62. The number of carbonyl (C=O) groups excluding carboxylic acids is 1. The number of ether oxygens (including phenoxy) is 1. The standard InChI is InChI=1S/C13H21N5O2/c1-12(2)7-18(8-13(3,4)20-12)11(19)9-5-6-10(15-14)17-16-9/h5-6H,7-8,14H2,1-4H3,(H,15,17). The van der Waals surface area contributed by atoms with Crippen molar-refractivity contribution in [2.45, 2.75) is 38.9 Å². The second-order valence-corrected chi connectivity index (χ2v) is 6.23. The van der Waals surface area contributed by atoms with Gasteiger partial charge in [0.25, 0.3) is 5.91 Å². The number of nitrogen functional groups attached to an aromatic ring is 1. The summed E-state index contributed by atoms with van der Waals surface area (Å²) in [4.78, 5) is 14.2. The van der Waals surface area contributed by atoms with Crippen molar-refractivity contribution in [3.05, 3.63) is 17.8 Å². The van der Waals surface area contributed by atoms with Crippen LogP contribution in [0.1, 0.15) is 38.2 Å². The molecule has 1 aliphatic heterocycles. The molecule has 0 aromatic carbocycles. The van der Waals surface area contributed by atoms with E-state index in [2.05, 4.69) is 15.6 Å². The summed E-state index contributed by atoms with van der Waals surface area (Å²) in [6.07, 6.45) is 0. The minimum Gasteiger partial charge on any atom is -0.366 e. The Labute approximate surface area is 118 Å². The summed E-state index contributed by atoms with van der Waals surface area (Å²) in [5.74, 6) is 5.50. The Hall–Kier alpha value is -1.73. The van der Waals surface area contributed by atoms with Crippen LogP contribution in [0.2, 0.25) is 0 Å². The number of nitrogens with one attached hydrogen (secondary N) is 1. The van der Waals surface area contributed by atoms with Gasteiger partial charge < -0.3 is 15.1 Å². The predicted octanol–water partition coefficient (Wildman–Crippen LogP) is 0.792. The second-order valence-electron chi connectivity index (χ2n) is 6.23. The molecule has 1 saturated heterocycles. The number of hydrazine groups is 1. The van der Waals surface area contributed by atoms with Gasteiger partial charge in [-0.15, -0.1) is 10.2 Å². The summed E-state index contributed by atoms with van der Waals surface area (Å²) < 4.78 is 5.96. The Morgan fingerprint density at radius 3 is 2.30 bits per heavy atom. The third-order valence-electron chi connectivity index (χ3n) is 3.01. The SMILES string of the molecule is CC1(C)CN(C(=O)c2ccc(NN)nn2)CC(C)(C)O1. The van der Waals surface area contributed by atoms with Crippen molar-refractivity contribution in [2.75, 3.05) is 18.5 Å². The molecule has 0 bridgehead atoms. The summed E-state index contributed by atoms with van der Waals surface area (Å²) >= 11 is 0. The van der Waals surface area contributed by atoms with Gasteiger partial charge in [-0.25, -0.2) is 5.84 Å². The zero-order valence-corrected chi connectivity index (χ0v) is 12.3. The van der Waals surface area contributed by atoms with Crippen molar-refractivity contribution in [3.63, 3.8) is 0 Å². The lowest BCUT2D eigenvalue weighted by Crippen LogP contribution is -2.58. The van der Waals surface area contributed by atoms with E-state index in [1.165, 1.54) is 0 Å². The molecule has 2 rings (SSSR count). The number of nitrogens with two attached hydrogens (primary N) is 1. The zero-order chi connectivity index (χ0) is 15.0. The van der Waals surface area contributed by atoms with Gasteiger partial charge >= 0.3 is 0 Å². The van der Waals surface area contributed by atoms with Gasteiger partial charge in [0.15, 0.2) is 11.5 Å². The highest BCUT2D eigenvalue weighted by atomic mass is 16.5. The van der Waals surface area contributed by atoms with E-state index in [4.69, 9.17) is 10.6 Å². The number of hydrogen-bond acceptors (Lipinski definition) is 6. The van der Waals surface area contributed by atoms with Crippen LogP contribution in [0.15, 0.2) is 12.1 Å². The smallest absolute Gasteiger partial charge is 0.274 e. The molecule has 0 spiro atoms. The third kappa shape index (κ3) is 3.23. The molecule has 2 heterocycles. The molecule has 0 atom stereocenters. The van der Waals surface area contributed by atoms with Crippen LogP contribution >= 0.6 is 0 Å². The Balaban J connectivity index is 2.19. The Kier molecular flexibility index (Phi) is 3.66. The molecule has 1 fully saturated rings. The van der Waals surface area contributed by atoms with Gasteiger partial charge in [-0.05, 0) is 39.8 Å². The highest BCUT2D eigenvalue weighted by Gasteiger charge is 2.40. The average Bonchev–Trinajstić information content (AvgIpc) is 2.34. The van der Waals surface area contributed by atoms with Gasteiger partial charge in [0.1, 0.15) is 0 Å². The highest BCUT2D eigenvalue weighted by Crippen LogP contribution is 2.28.